The average molecular weight is 246 g/mol. The lowest BCUT2D eigenvalue weighted by Crippen LogP contribution is -2.33. The molecule has 1 aliphatic rings. The van der Waals surface area contributed by atoms with Crippen molar-refractivity contribution >= 4 is 11.8 Å². The van der Waals surface area contributed by atoms with E-state index in [0.29, 0.717) is 0 Å². The highest BCUT2D eigenvalue weighted by Crippen LogP contribution is 2.28. The molecule has 2 amide bonds. The van der Waals surface area contributed by atoms with Crippen molar-refractivity contribution in [3.63, 3.8) is 0 Å². The molecule has 1 fully saturated rings. The van der Waals surface area contributed by atoms with Crippen LogP contribution in [-0.4, -0.2) is 28.8 Å². The monoisotopic (exact) mass is 246 g/mol. The van der Waals surface area contributed by atoms with Crippen LogP contribution in [0.5, 0.6) is 0 Å². The Hall–Kier alpha value is -1.84. The zero-order chi connectivity index (χ0) is 13.3. The van der Waals surface area contributed by atoms with Crippen molar-refractivity contribution in [2.75, 3.05) is 0 Å². The number of nitrogens with one attached hydrogen (secondary N) is 1. The lowest BCUT2D eigenvalue weighted by molar-refractivity contribution is -0.128. The molecular formula is C14H18N2O2. The van der Waals surface area contributed by atoms with Gasteiger partial charge in [0.2, 0.25) is 11.8 Å². The molecule has 1 saturated heterocycles. The summed E-state index contributed by atoms with van der Waals surface area (Å²) in [6, 6.07) is 9.46. The number of carbonyl (C=O) groups excluding carboxylic acids is 2. The first-order valence-corrected chi connectivity index (χ1v) is 6.16. The van der Waals surface area contributed by atoms with E-state index in [2.05, 4.69) is 5.32 Å². The summed E-state index contributed by atoms with van der Waals surface area (Å²) in [4.78, 5) is 24.8. The molecule has 1 aromatic carbocycles. The minimum Gasteiger partial charge on any atom is -0.348 e. The summed E-state index contributed by atoms with van der Waals surface area (Å²) in [5, 5.41) is 2.94. The highest BCUT2D eigenvalue weighted by atomic mass is 16.2. The molecule has 0 aromatic heterocycles. The van der Waals surface area contributed by atoms with Gasteiger partial charge in [-0.2, -0.15) is 0 Å². The number of hydrogen-bond acceptors (Lipinski definition) is 2. The van der Waals surface area contributed by atoms with Gasteiger partial charge in [-0.05, 0) is 19.4 Å². The molecule has 0 spiro atoms. The van der Waals surface area contributed by atoms with Crippen LogP contribution in [0.15, 0.2) is 30.3 Å². The second-order valence-corrected chi connectivity index (χ2v) is 4.75. The second-order valence-electron chi connectivity index (χ2n) is 4.75. The molecule has 4 nitrogen and oxygen atoms in total. The third-order valence-electron chi connectivity index (χ3n) is 3.40. The molecule has 0 unspecified atom stereocenters. The van der Waals surface area contributed by atoms with Gasteiger partial charge in [0.1, 0.15) is 6.04 Å². The molecule has 96 valence electrons. The maximum atomic E-state index is 12.0. The van der Waals surface area contributed by atoms with Crippen molar-refractivity contribution in [1.29, 1.82) is 0 Å². The predicted octanol–water partition coefficient (Wildman–Crippen LogP) is 1.48. The molecule has 3 atom stereocenters. The van der Waals surface area contributed by atoms with Gasteiger partial charge in [-0.25, -0.2) is 0 Å². The highest BCUT2D eigenvalue weighted by molar-refractivity contribution is 5.93. The molecule has 1 aliphatic heterocycles. The van der Waals surface area contributed by atoms with Crippen LogP contribution in [0.2, 0.25) is 0 Å². The third kappa shape index (κ3) is 2.37. The molecule has 1 aromatic rings. The molecule has 4 heteroatoms. The van der Waals surface area contributed by atoms with E-state index >= 15 is 0 Å². The minimum absolute atomic E-state index is 0.0190. The molecular weight excluding hydrogens is 228 g/mol. The fourth-order valence-electron chi connectivity index (χ4n) is 2.30. The second kappa shape index (κ2) is 4.80. The van der Waals surface area contributed by atoms with Crippen molar-refractivity contribution in [2.24, 2.45) is 0 Å². The van der Waals surface area contributed by atoms with E-state index in [4.69, 9.17) is 0 Å². The Morgan fingerprint density at radius 3 is 2.39 bits per heavy atom. The zero-order valence-corrected chi connectivity index (χ0v) is 10.9. The van der Waals surface area contributed by atoms with Gasteiger partial charge in [-0.1, -0.05) is 30.3 Å². The molecule has 0 radical (unpaired) electrons. The first kappa shape index (κ1) is 12.6. The SMILES string of the molecule is CC(=O)N1[C@H](C)[C@H]1C(=O)N[C@@H](C)c1ccccc1. The van der Waals surface area contributed by atoms with Crippen LogP contribution in [0.4, 0.5) is 0 Å². The Bertz CT molecular complexity index is 458. The highest BCUT2D eigenvalue weighted by Gasteiger charge is 2.51. The maximum Gasteiger partial charge on any atom is 0.245 e. The van der Waals surface area contributed by atoms with Crippen molar-refractivity contribution in [2.45, 2.75) is 38.9 Å². The van der Waals surface area contributed by atoms with Crippen molar-refractivity contribution < 1.29 is 9.59 Å². The largest absolute Gasteiger partial charge is 0.348 e. The van der Waals surface area contributed by atoms with Crippen LogP contribution in [0.3, 0.4) is 0 Å². The molecule has 18 heavy (non-hydrogen) atoms. The number of amides is 2. The molecule has 1 N–H and O–H groups in total. The summed E-state index contributed by atoms with van der Waals surface area (Å²) >= 11 is 0. The Morgan fingerprint density at radius 1 is 1.28 bits per heavy atom. The summed E-state index contributed by atoms with van der Waals surface area (Å²) < 4.78 is 0. The van der Waals surface area contributed by atoms with Gasteiger partial charge in [0, 0.05) is 6.92 Å². The first-order valence-electron chi connectivity index (χ1n) is 6.16. The Kier molecular flexibility index (Phi) is 3.36. The molecule has 1 heterocycles. The van der Waals surface area contributed by atoms with Gasteiger partial charge in [0.05, 0.1) is 12.1 Å². The van der Waals surface area contributed by atoms with Crippen LogP contribution in [0, 0.1) is 0 Å². The first-order chi connectivity index (χ1) is 8.52. The van der Waals surface area contributed by atoms with Gasteiger partial charge in [-0.15, -0.1) is 0 Å². The number of rotatable bonds is 3. The number of benzene rings is 1. The molecule has 0 saturated carbocycles. The van der Waals surface area contributed by atoms with Crippen molar-refractivity contribution in [3.8, 4) is 0 Å². The molecule has 0 aliphatic carbocycles. The zero-order valence-electron chi connectivity index (χ0n) is 10.9. The van der Waals surface area contributed by atoms with Gasteiger partial charge in [0.15, 0.2) is 0 Å². The number of carbonyl (C=O) groups is 2. The summed E-state index contributed by atoms with van der Waals surface area (Å²) in [6.45, 7) is 5.32. The van der Waals surface area contributed by atoms with Gasteiger partial charge in [-0.3, -0.25) is 9.59 Å². The van der Waals surface area contributed by atoms with E-state index in [-0.39, 0.29) is 29.9 Å². The predicted molar refractivity (Wildman–Crippen MR) is 68.8 cm³/mol. The topological polar surface area (TPSA) is 49.2 Å². The summed E-state index contributed by atoms with van der Waals surface area (Å²) in [5.41, 5.74) is 1.06. The van der Waals surface area contributed by atoms with Crippen LogP contribution in [0.25, 0.3) is 0 Å². The minimum atomic E-state index is -0.298. The summed E-state index contributed by atoms with van der Waals surface area (Å²) in [5.74, 6) is -0.121. The normalized spacial score (nSPS) is 23.4. The van der Waals surface area contributed by atoms with E-state index in [1.54, 1.807) is 4.90 Å². The van der Waals surface area contributed by atoms with E-state index < -0.39 is 0 Å². The van der Waals surface area contributed by atoms with Crippen molar-refractivity contribution in [1.82, 2.24) is 10.2 Å². The Balaban J connectivity index is 1.95. The molecule has 0 bridgehead atoms. The smallest absolute Gasteiger partial charge is 0.245 e. The quantitative estimate of drug-likeness (QED) is 0.821. The number of nitrogens with zero attached hydrogens (tertiary/aromatic N) is 1. The van der Waals surface area contributed by atoms with Gasteiger partial charge in [0.25, 0.3) is 0 Å². The Labute approximate surface area is 107 Å². The standard InChI is InChI=1S/C14H18N2O2/c1-9(12-7-5-4-6-8-12)15-14(18)13-10(2)16(13)11(3)17/h4-10,13H,1-3H3,(H,15,18)/t9-,10+,13-,16?/m0/s1. The number of hydrogen-bond donors (Lipinski definition) is 1. The summed E-state index contributed by atoms with van der Waals surface area (Å²) in [6.07, 6.45) is 0. The van der Waals surface area contributed by atoms with Gasteiger partial charge >= 0.3 is 0 Å². The lowest BCUT2D eigenvalue weighted by atomic mass is 10.1. The average Bonchev–Trinajstić information content (AvgIpc) is 3.02. The maximum absolute atomic E-state index is 12.0. The van der Waals surface area contributed by atoms with Crippen LogP contribution >= 0.6 is 0 Å². The lowest BCUT2D eigenvalue weighted by Gasteiger charge is -2.13. The van der Waals surface area contributed by atoms with Crippen LogP contribution < -0.4 is 5.32 Å². The fourth-order valence-corrected chi connectivity index (χ4v) is 2.30. The third-order valence-corrected chi connectivity index (χ3v) is 3.40. The molecule has 2 rings (SSSR count). The van der Waals surface area contributed by atoms with Crippen LogP contribution in [0.1, 0.15) is 32.4 Å². The fraction of sp³-hybridized carbons (Fsp3) is 0.429. The van der Waals surface area contributed by atoms with E-state index in [1.807, 2.05) is 44.2 Å². The van der Waals surface area contributed by atoms with E-state index in [9.17, 15) is 9.59 Å². The van der Waals surface area contributed by atoms with Gasteiger partial charge < -0.3 is 10.2 Å². The Morgan fingerprint density at radius 2 is 1.89 bits per heavy atom. The van der Waals surface area contributed by atoms with Crippen molar-refractivity contribution in [3.05, 3.63) is 35.9 Å². The van der Waals surface area contributed by atoms with E-state index in [0.717, 1.165) is 5.56 Å². The summed E-state index contributed by atoms with van der Waals surface area (Å²) in [7, 11) is 0. The van der Waals surface area contributed by atoms with E-state index in [1.165, 1.54) is 6.92 Å². The van der Waals surface area contributed by atoms with Crippen LogP contribution in [-0.2, 0) is 9.59 Å².